The number of amides is 1. The molecule has 1 aliphatic rings. The van der Waals surface area contributed by atoms with Crippen LogP contribution in [0.3, 0.4) is 0 Å². The third kappa shape index (κ3) is 1.51. The van der Waals surface area contributed by atoms with Gasteiger partial charge >= 0.3 is 0 Å². The lowest BCUT2D eigenvalue weighted by Crippen LogP contribution is -2.25. The van der Waals surface area contributed by atoms with Crippen LogP contribution in [0, 0.1) is 0 Å². The standard InChI is InChI=1S/C12H13N3O2/c1-14-10-3-2-4-11(9(10)6-13-14)15-7-8(16)5-12(15)17/h2-4,6,8,16H,5,7H2,1H3. The average molecular weight is 231 g/mol. The Morgan fingerprint density at radius 1 is 1.47 bits per heavy atom. The van der Waals surface area contributed by atoms with Gasteiger partial charge in [0, 0.05) is 12.4 Å². The highest BCUT2D eigenvalue weighted by molar-refractivity contribution is 6.04. The second-order valence-electron chi connectivity index (χ2n) is 4.34. The number of benzene rings is 1. The Kier molecular flexibility index (Phi) is 2.16. The molecular formula is C12H13N3O2. The summed E-state index contributed by atoms with van der Waals surface area (Å²) >= 11 is 0. The van der Waals surface area contributed by atoms with E-state index >= 15 is 0 Å². The predicted molar refractivity (Wildman–Crippen MR) is 63.7 cm³/mol. The third-order valence-corrected chi connectivity index (χ3v) is 3.16. The molecule has 1 fully saturated rings. The van der Waals surface area contributed by atoms with Gasteiger partial charge in [-0.25, -0.2) is 0 Å². The van der Waals surface area contributed by atoms with Crippen LogP contribution in [0.5, 0.6) is 0 Å². The molecule has 1 N–H and O–H groups in total. The molecule has 0 aliphatic carbocycles. The van der Waals surface area contributed by atoms with Crippen molar-refractivity contribution in [2.75, 3.05) is 11.4 Å². The fraction of sp³-hybridized carbons (Fsp3) is 0.333. The van der Waals surface area contributed by atoms with Gasteiger partial charge in [0.25, 0.3) is 0 Å². The number of aromatic nitrogens is 2. The van der Waals surface area contributed by atoms with Gasteiger partial charge in [-0.2, -0.15) is 5.10 Å². The molecule has 1 aliphatic heterocycles. The highest BCUT2D eigenvalue weighted by Crippen LogP contribution is 2.29. The lowest BCUT2D eigenvalue weighted by Gasteiger charge is -2.16. The van der Waals surface area contributed by atoms with Gasteiger partial charge in [-0.1, -0.05) is 6.07 Å². The number of β-amino-alcohol motifs (C(OH)–C–C–N with tert-alkyl or cyclic N) is 1. The molecule has 0 radical (unpaired) electrons. The van der Waals surface area contributed by atoms with E-state index in [4.69, 9.17) is 0 Å². The Morgan fingerprint density at radius 3 is 3.00 bits per heavy atom. The van der Waals surface area contributed by atoms with E-state index < -0.39 is 6.10 Å². The molecule has 1 aromatic heterocycles. The van der Waals surface area contributed by atoms with Crippen molar-refractivity contribution in [2.45, 2.75) is 12.5 Å². The lowest BCUT2D eigenvalue weighted by atomic mass is 10.2. The van der Waals surface area contributed by atoms with Crippen LogP contribution in [-0.4, -0.2) is 33.4 Å². The van der Waals surface area contributed by atoms with Crippen molar-refractivity contribution in [3.05, 3.63) is 24.4 Å². The van der Waals surface area contributed by atoms with Gasteiger partial charge in [-0.3, -0.25) is 9.48 Å². The number of nitrogens with zero attached hydrogens (tertiary/aromatic N) is 3. The minimum Gasteiger partial charge on any atom is -0.391 e. The Hall–Kier alpha value is -1.88. The van der Waals surface area contributed by atoms with Crippen LogP contribution in [0.4, 0.5) is 5.69 Å². The third-order valence-electron chi connectivity index (χ3n) is 3.16. The first kappa shape index (κ1) is 10.3. The molecule has 3 rings (SSSR count). The number of aryl methyl sites for hydroxylation is 1. The van der Waals surface area contributed by atoms with Crippen LogP contribution in [-0.2, 0) is 11.8 Å². The molecule has 88 valence electrons. The van der Waals surface area contributed by atoms with Crippen molar-refractivity contribution < 1.29 is 9.90 Å². The maximum atomic E-state index is 11.8. The predicted octanol–water partition coefficient (Wildman–Crippen LogP) is 0.671. The fourth-order valence-corrected chi connectivity index (χ4v) is 2.32. The molecule has 5 heteroatoms. The molecule has 0 bridgehead atoms. The molecule has 1 unspecified atom stereocenters. The molecule has 1 saturated heterocycles. The first-order chi connectivity index (χ1) is 8.16. The molecule has 1 aromatic carbocycles. The summed E-state index contributed by atoms with van der Waals surface area (Å²) in [5, 5.41) is 14.7. The lowest BCUT2D eigenvalue weighted by molar-refractivity contribution is -0.117. The number of aliphatic hydroxyl groups excluding tert-OH is 1. The number of anilines is 1. The summed E-state index contributed by atoms with van der Waals surface area (Å²) in [4.78, 5) is 13.4. The second-order valence-corrected chi connectivity index (χ2v) is 4.34. The van der Waals surface area contributed by atoms with Gasteiger partial charge in [0.05, 0.1) is 36.5 Å². The molecule has 17 heavy (non-hydrogen) atoms. The van der Waals surface area contributed by atoms with Crippen molar-refractivity contribution >= 4 is 22.5 Å². The zero-order valence-corrected chi connectivity index (χ0v) is 9.50. The van der Waals surface area contributed by atoms with Gasteiger partial charge in [0.2, 0.25) is 5.91 Å². The molecule has 0 saturated carbocycles. The summed E-state index contributed by atoms with van der Waals surface area (Å²) in [6, 6.07) is 5.75. The van der Waals surface area contributed by atoms with Crippen LogP contribution in [0.25, 0.3) is 10.9 Å². The number of carbonyl (C=O) groups excluding carboxylic acids is 1. The SMILES string of the molecule is Cn1ncc2c(N3CC(O)CC3=O)cccc21. The number of fused-ring (bicyclic) bond motifs is 1. The number of hydrogen-bond donors (Lipinski definition) is 1. The van der Waals surface area contributed by atoms with Crippen LogP contribution in [0.2, 0.25) is 0 Å². The average Bonchev–Trinajstić information content (AvgIpc) is 2.83. The van der Waals surface area contributed by atoms with E-state index in [1.807, 2.05) is 25.2 Å². The van der Waals surface area contributed by atoms with E-state index in [1.165, 1.54) is 0 Å². The molecule has 5 nitrogen and oxygen atoms in total. The number of rotatable bonds is 1. The molecule has 1 atom stereocenters. The summed E-state index contributed by atoms with van der Waals surface area (Å²) in [5.74, 6) is -0.0335. The van der Waals surface area contributed by atoms with E-state index in [-0.39, 0.29) is 12.3 Å². The highest BCUT2D eigenvalue weighted by Gasteiger charge is 2.30. The molecular weight excluding hydrogens is 218 g/mol. The Bertz CT molecular complexity index is 590. The first-order valence-corrected chi connectivity index (χ1v) is 5.56. The minimum atomic E-state index is -0.561. The van der Waals surface area contributed by atoms with Gasteiger partial charge < -0.3 is 10.0 Å². The van der Waals surface area contributed by atoms with Crippen molar-refractivity contribution in [3.8, 4) is 0 Å². The smallest absolute Gasteiger partial charge is 0.229 e. The normalized spacial score (nSPS) is 20.5. The monoisotopic (exact) mass is 231 g/mol. The van der Waals surface area contributed by atoms with Crippen LogP contribution >= 0.6 is 0 Å². The van der Waals surface area contributed by atoms with E-state index in [2.05, 4.69) is 5.10 Å². The van der Waals surface area contributed by atoms with E-state index in [0.29, 0.717) is 6.54 Å². The molecule has 0 spiro atoms. The number of aliphatic hydroxyl groups is 1. The Labute approximate surface area is 98.3 Å². The van der Waals surface area contributed by atoms with Crippen molar-refractivity contribution in [1.29, 1.82) is 0 Å². The zero-order valence-electron chi connectivity index (χ0n) is 9.50. The van der Waals surface area contributed by atoms with Gasteiger partial charge in [0.15, 0.2) is 0 Å². The summed E-state index contributed by atoms with van der Waals surface area (Å²) in [6.07, 6.45) is 1.40. The van der Waals surface area contributed by atoms with Crippen molar-refractivity contribution in [1.82, 2.24) is 9.78 Å². The largest absolute Gasteiger partial charge is 0.391 e. The van der Waals surface area contributed by atoms with Crippen molar-refractivity contribution in [2.24, 2.45) is 7.05 Å². The second kappa shape index (κ2) is 3.56. The molecule has 1 amide bonds. The summed E-state index contributed by atoms with van der Waals surface area (Å²) in [5.41, 5.74) is 1.81. The molecule has 2 aromatic rings. The highest BCUT2D eigenvalue weighted by atomic mass is 16.3. The van der Waals surface area contributed by atoms with Crippen molar-refractivity contribution in [3.63, 3.8) is 0 Å². The maximum Gasteiger partial charge on any atom is 0.229 e. The van der Waals surface area contributed by atoms with E-state index in [9.17, 15) is 9.90 Å². The summed E-state index contributed by atoms with van der Waals surface area (Å²) in [6.45, 7) is 0.368. The van der Waals surface area contributed by atoms with Gasteiger partial charge in [0.1, 0.15) is 0 Å². The van der Waals surface area contributed by atoms with E-state index in [1.54, 1.807) is 15.8 Å². The van der Waals surface area contributed by atoms with Crippen LogP contribution < -0.4 is 4.90 Å². The van der Waals surface area contributed by atoms with Gasteiger partial charge in [-0.05, 0) is 12.1 Å². The quantitative estimate of drug-likeness (QED) is 0.784. The van der Waals surface area contributed by atoms with Crippen LogP contribution in [0.1, 0.15) is 6.42 Å². The Balaban J connectivity index is 2.14. The Morgan fingerprint density at radius 2 is 2.29 bits per heavy atom. The summed E-state index contributed by atoms with van der Waals surface area (Å²) in [7, 11) is 1.87. The fourth-order valence-electron chi connectivity index (χ4n) is 2.32. The minimum absolute atomic E-state index is 0.0335. The van der Waals surface area contributed by atoms with Crippen LogP contribution in [0.15, 0.2) is 24.4 Å². The maximum absolute atomic E-state index is 11.8. The number of carbonyl (C=O) groups is 1. The molecule has 2 heterocycles. The van der Waals surface area contributed by atoms with E-state index in [0.717, 1.165) is 16.6 Å². The summed E-state index contributed by atoms with van der Waals surface area (Å²) < 4.78 is 1.77. The zero-order chi connectivity index (χ0) is 12.0. The topological polar surface area (TPSA) is 58.4 Å². The van der Waals surface area contributed by atoms with Gasteiger partial charge in [-0.15, -0.1) is 0 Å². The first-order valence-electron chi connectivity index (χ1n) is 5.56. The number of hydrogen-bond acceptors (Lipinski definition) is 3.